The molecule has 0 bridgehead atoms. The van der Waals surface area contributed by atoms with E-state index in [1.54, 1.807) is 19.9 Å². The number of amides is 1. The van der Waals surface area contributed by atoms with Crippen molar-refractivity contribution in [1.29, 1.82) is 5.26 Å². The fourth-order valence-corrected chi connectivity index (χ4v) is 3.05. The maximum Gasteiger partial charge on any atom is 0.410 e. The van der Waals surface area contributed by atoms with Crippen LogP contribution in [-0.4, -0.2) is 43.2 Å². The molecule has 136 valence electrons. The summed E-state index contributed by atoms with van der Waals surface area (Å²) in [6, 6.07) is 5.79. The summed E-state index contributed by atoms with van der Waals surface area (Å²) in [5, 5.41) is 22.3. The number of carboxylic acid groups (broad SMARTS) is 1. The molecule has 1 fully saturated rings. The van der Waals surface area contributed by atoms with Gasteiger partial charge < -0.3 is 9.84 Å². The van der Waals surface area contributed by atoms with Gasteiger partial charge in [0.2, 0.25) is 0 Å². The van der Waals surface area contributed by atoms with E-state index in [1.807, 2.05) is 6.07 Å². The van der Waals surface area contributed by atoms with Crippen LogP contribution in [0.2, 0.25) is 0 Å². The quantitative estimate of drug-likeness (QED) is 0.899. The van der Waals surface area contributed by atoms with Gasteiger partial charge in [-0.05, 0) is 31.5 Å². The van der Waals surface area contributed by atoms with Gasteiger partial charge in [-0.2, -0.15) is 23.8 Å². The molecule has 8 nitrogen and oxygen atoms in total. The lowest BCUT2D eigenvalue weighted by Crippen LogP contribution is -2.44. The van der Waals surface area contributed by atoms with E-state index in [9.17, 15) is 23.9 Å². The Morgan fingerprint density at radius 1 is 1.50 bits per heavy atom. The van der Waals surface area contributed by atoms with Gasteiger partial charge in [-0.15, -0.1) is 0 Å². The van der Waals surface area contributed by atoms with E-state index in [2.05, 4.69) is 10.1 Å². The van der Waals surface area contributed by atoms with E-state index in [0.717, 1.165) is 11.2 Å². The van der Waals surface area contributed by atoms with Crippen molar-refractivity contribution in [3.63, 3.8) is 0 Å². The van der Waals surface area contributed by atoms with Crippen molar-refractivity contribution in [2.24, 2.45) is 0 Å². The minimum absolute atomic E-state index is 0.103. The molecule has 0 saturated carbocycles. The third kappa shape index (κ3) is 2.86. The first-order chi connectivity index (χ1) is 12.3. The summed E-state index contributed by atoms with van der Waals surface area (Å²) in [5.74, 6) is -0.168. The van der Waals surface area contributed by atoms with E-state index in [1.165, 1.54) is 12.1 Å². The molecule has 1 amide bonds. The molecule has 10 heteroatoms. The van der Waals surface area contributed by atoms with Crippen LogP contribution in [0, 0.1) is 11.3 Å². The number of hydrogen-bond donors (Lipinski definition) is 1. The topological polar surface area (TPSA) is 104 Å². The van der Waals surface area contributed by atoms with Gasteiger partial charge in [0.25, 0.3) is 0 Å². The third-order valence-electron chi connectivity index (χ3n) is 4.24. The highest BCUT2D eigenvalue weighted by molar-refractivity contribution is 5.69. The summed E-state index contributed by atoms with van der Waals surface area (Å²) >= 11 is 0. The minimum Gasteiger partial charge on any atom is -0.465 e. The Labute approximate surface area is 147 Å². The third-order valence-corrected chi connectivity index (χ3v) is 4.24. The first-order valence-corrected chi connectivity index (χ1v) is 7.64. The summed E-state index contributed by atoms with van der Waals surface area (Å²) in [6.45, 7) is 0.427. The highest BCUT2D eigenvalue weighted by Gasteiger charge is 2.44. The standard InChI is InChI=1S/C16H15F2N5O3/c1-16(2)22(15(24)25)12(7-26-16)9-3-4-10(6-19)11(5-9)13-20-8-21-23(13)14(17)18/h3-5,8,12,14H,7H2,1-2H3,(H,24,25). The average molecular weight is 363 g/mol. The lowest BCUT2D eigenvalue weighted by Gasteiger charge is -2.31. The molecule has 2 aromatic rings. The Balaban J connectivity index is 2.11. The van der Waals surface area contributed by atoms with E-state index < -0.39 is 24.4 Å². The monoisotopic (exact) mass is 363 g/mol. The molecule has 0 radical (unpaired) electrons. The number of carbonyl (C=O) groups is 1. The summed E-state index contributed by atoms with van der Waals surface area (Å²) in [5.41, 5.74) is -0.245. The Kier molecular flexibility index (Phi) is 4.33. The number of benzene rings is 1. The van der Waals surface area contributed by atoms with Crippen LogP contribution in [0.4, 0.5) is 13.6 Å². The van der Waals surface area contributed by atoms with Gasteiger partial charge >= 0.3 is 12.6 Å². The van der Waals surface area contributed by atoms with Crippen molar-refractivity contribution in [2.75, 3.05) is 6.61 Å². The van der Waals surface area contributed by atoms with Gasteiger partial charge in [-0.1, -0.05) is 6.07 Å². The zero-order chi connectivity index (χ0) is 19.1. The van der Waals surface area contributed by atoms with Gasteiger partial charge in [-0.25, -0.2) is 9.78 Å². The maximum absolute atomic E-state index is 13.1. The Bertz CT molecular complexity index is 890. The second-order valence-corrected chi connectivity index (χ2v) is 6.15. The van der Waals surface area contributed by atoms with Gasteiger partial charge in [0, 0.05) is 5.56 Å². The molecular formula is C16H15F2N5O3. The van der Waals surface area contributed by atoms with E-state index in [0.29, 0.717) is 10.2 Å². The van der Waals surface area contributed by atoms with Crippen molar-refractivity contribution in [1.82, 2.24) is 19.7 Å². The molecular weight excluding hydrogens is 348 g/mol. The predicted octanol–water partition coefficient (Wildman–Crippen LogP) is 3.00. The first-order valence-electron chi connectivity index (χ1n) is 7.64. The Hall–Kier alpha value is -3.06. The average Bonchev–Trinajstić information content (AvgIpc) is 3.18. The number of alkyl halides is 2. The number of halogens is 2. The number of nitriles is 1. The predicted molar refractivity (Wildman–Crippen MR) is 84.1 cm³/mol. The van der Waals surface area contributed by atoms with Gasteiger partial charge in [0.1, 0.15) is 12.1 Å². The van der Waals surface area contributed by atoms with Gasteiger partial charge in [0.05, 0.1) is 24.3 Å². The lowest BCUT2D eigenvalue weighted by atomic mass is 9.99. The molecule has 1 saturated heterocycles. The SMILES string of the molecule is CC1(C)OCC(c2ccc(C#N)c(-c3ncnn3C(F)F)c2)N1C(=O)O. The molecule has 0 spiro atoms. The zero-order valence-electron chi connectivity index (χ0n) is 13.9. The van der Waals surface area contributed by atoms with Crippen molar-refractivity contribution in [3.8, 4) is 17.5 Å². The van der Waals surface area contributed by atoms with Crippen LogP contribution in [0.25, 0.3) is 11.4 Å². The number of aromatic nitrogens is 3. The maximum atomic E-state index is 13.1. The molecule has 1 aliphatic rings. The van der Waals surface area contributed by atoms with Crippen LogP contribution in [0.5, 0.6) is 0 Å². The van der Waals surface area contributed by atoms with Crippen LogP contribution in [-0.2, 0) is 4.74 Å². The zero-order valence-corrected chi connectivity index (χ0v) is 13.9. The molecule has 1 N–H and O–H groups in total. The van der Waals surface area contributed by atoms with Crippen LogP contribution < -0.4 is 0 Å². The van der Waals surface area contributed by atoms with E-state index >= 15 is 0 Å². The largest absolute Gasteiger partial charge is 0.465 e. The smallest absolute Gasteiger partial charge is 0.410 e. The van der Waals surface area contributed by atoms with Crippen LogP contribution in [0.3, 0.4) is 0 Å². The summed E-state index contributed by atoms with van der Waals surface area (Å²) < 4.78 is 32.2. The fraction of sp³-hybridized carbons (Fsp3) is 0.375. The van der Waals surface area contributed by atoms with Crippen LogP contribution >= 0.6 is 0 Å². The number of rotatable bonds is 3. The lowest BCUT2D eigenvalue weighted by molar-refractivity contribution is -0.0420. The molecule has 0 aliphatic carbocycles. The summed E-state index contributed by atoms with van der Waals surface area (Å²) in [7, 11) is 0. The van der Waals surface area contributed by atoms with Crippen molar-refractivity contribution in [2.45, 2.75) is 32.2 Å². The van der Waals surface area contributed by atoms with E-state index in [4.69, 9.17) is 4.74 Å². The molecule has 1 aromatic heterocycles. The van der Waals surface area contributed by atoms with Crippen LogP contribution in [0.15, 0.2) is 24.5 Å². The highest BCUT2D eigenvalue weighted by Crippen LogP contribution is 2.38. The van der Waals surface area contributed by atoms with Crippen molar-refractivity contribution >= 4 is 6.09 Å². The summed E-state index contributed by atoms with van der Waals surface area (Å²) in [4.78, 5) is 16.6. The normalized spacial score (nSPS) is 18.9. The molecule has 26 heavy (non-hydrogen) atoms. The molecule has 1 atom stereocenters. The minimum atomic E-state index is -2.92. The number of hydrogen-bond acceptors (Lipinski definition) is 5. The van der Waals surface area contributed by atoms with Gasteiger partial charge in [0.15, 0.2) is 5.82 Å². The fourth-order valence-electron chi connectivity index (χ4n) is 3.05. The Morgan fingerprint density at radius 2 is 2.23 bits per heavy atom. The van der Waals surface area contributed by atoms with Crippen LogP contribution in [0.1, 0.15) is 37.6 Å². The van der Waals surface area contributed by atoms with Crippen molar-refractivity contribution < 1.29 is 23.4 Å². The number of ether oxygens (including phenoxy) is 1. The molecule has 1 aliphatic heterocycles. The molecule has 3 rings (SSSR count). The van der Waals surface area contributed by atoms with Gasteiger partial charge in [-0.3, -0.25) is 4.90 Å². The highest BCUT2D eigenvalue weighted by atomic mass is 19.3. The summed E-state index contributed by atoms with van der Waals surface area (Å²) in [6.07, 6.45) is -0.195. The second kappa shape index (κ2) is 6.34. The second-order valence-electron chi connectivity index (χ2n) is 6.15. The first kappa shape index (κ1) is 17.8. The van der Waals surface area contributed by atoms with Crippen molar-refractivity contribution in [3.05, 3.63) is 35.7 Å². The molecule has 2 heterocycles. The Morgan fingerprint density at radius 3 is 2.85 bits per heavy atom. The number of nitrogens with zero attached hydrogens (tertiary/aromatic N) is 5. The molecule has 1 unspecified atom stereocenters. The molecule has 1 aromatic carbocycles. The van der Waals surface area contributed by atoms with E-state index in [-0.39, 0.29) is 23.6 Å².